The molecule has 1 aromatic rings. The van der Waals surface area contributed by atoms with Crippen LogP contribution in [0.1, 0.15) is 0 Å². The second-order valence-corrected chi connectivity index (χ2v) is 5.11. The highest BCUT2D eigenvalue weighted by atomic mass is 32.2. The number of hydrogen-bond acceptors (Lipinski definition) is 7. The summed E-state index contributed by atoms with van der Waals surface area (Å²) < 4.78 is 36.0. The molecule has 8 heteroatoms. The van der Waals surface area contributed by atoms with Gasteiger partial charge in [0.25, 0.3) is 16.0 Å². The normalized spacial score (nSPS) is 13.1. The Balaban J connectivity index is 2.45. The van der Waals surface area contributed by atoms with E-state index in [1.54, 1.807) is 12.1 Å². The van der Waals surface area contributed by atoms with E-state index in [1.807, 2.05) is 0 Å². The Hall–Kier alpha value is -1.38. The van der Waals surface area contributed by atoms with Gasteiger partial charge in [0, 0.05) is 6.20 Å². The first kappa shape index (κ1) is 14.7. The summed E-state index contributed by atoms with van der Waals surface area (Å²) in [5.74, 6) is 0.645. The van der Waals surface area contributed by atoms with Crippen molar-refractivity contribution in [1.29, 1.82) is 0 Å². The van der Waals surface area contributed by atoms with E-state index in [-0.39, 0.29) is 19.1 Å². The van der Waals surface area contributed by atoms with Crippen LogP contribution in [0, 0.1) is 0 Å². The lowest BCUT2D eigenvalue weighted by atomic mass is 10.4. The van der Waals surface area contributed by atoms with Crippen molar-refractivity contribution in [2.24, 2.45) is 0 Å². The lowest BCUT2D eigenvalue weighted by Gasteiger charge is -2.13. The fraction of sp³-hybridized carbons (Fsp3) is 0.500. The molecule has 1 rings (SSSR count). The average Bonchev–Trinajstić information content (AvgIpc) is 2.33. The molecular weight excluding hydrogens is 262 g/mol. The van der Waals surface area contributed by atoms with Gasteiger partial charge >= 0.3 is 0 Å². The maximum absolute atomic E-state index is 10.7. The minimum Gasteiger partial charge on any atom is -0.485 e. The Morgan fingerprint density at radius 3 is 2.78 bits per heavy atom. The maximum Gasteiger partial charge on any atom is 0.264 e. The molecule has 1 aromatic heterocycles. The molecule has 0 aliphatic rings. The second-order valence-electron chi connectivity index (χ2n) is 3.46. The molecular formula is C10H15NO6S. The molecule has 7 nitrogen and oxygen atoms in total. The molecule has 0 bridgehead atoms. The van der Waals surface area contributed by atoms with Crippen LogP contribution in [-0.2, 0) is 14.3 Å². The van der Waals surface area contributed by atoms with E-state index in [2.05, 4.69) is 9.17 Å². The smallest absolute Gasteiger partial charge is 0.264 e. The van der Waals surface area contributed by atoms with Crippen molar-refractivity contribution in [3.63, 3.8) is 0 Å². The predicted octanol–water partition coefficient (Wildman–Crippen LogP) is -0.194. The number of hydrogen-bond donors (Lipinski definition) is 1. The molecule has 0 saturated carbocycles. The predicted molar refractivity (Wildman–Crippen MR) is 63.1 cm³/mol. The Labute approximate surface area is 105 Å². The van der Waals surface area contributed by atoms with Gasteiger partial charge in [-0.1, -0.05) is 0 Å². The highest BCUT2D eigenvalue weighted by Gasteiger charge is 2.12. The molecule has 1 unspecified atom stereocenters. The van der Waals surface area contributed by atoms with Crippen molar-refractivity contribution in [2.75, 3.05) is 26.6 Å². The number of aliphatic hydroxyl groups is 1. The average molecular weight is 277 g/mol. The Morgan fingerprint density at radius 1 is 1.44 bits per heavy atom. The van der Waals surface area contributed by atoms with E-state index < -0.39 is 16.2 Å². The summed E-state index contributed by atoms with van der Waals surface area (Å²) in [7, 11) is -2.12. The molecule has 1 heterocycles. The monoisotopic (exact) mass is 277 g/mol. The molecule has 0 saturated heterocycles. The van der Waals surface area contributed by atoms with Crippen LogP contribution >= 0.6 is 0 Å². The van der Waals surface area contributed by atoms with Crippen LogP contribution in [0.15, 0.2) is 18.3 Å². The summed E-state index contributed by atoms with van der Waals surface area (Å²) in [5.41, 5.74) is 0. The zero-order chi connectivity index (χ0) is 13.6. The summed E-state index contributed by atoms with van der Waals surface area (Å²) in [6.45, 7) is -0.487. The van der Waals surface area contributed by atoms with Crippen LogP contribution in [0.3, 0.4) is 0 Å². The van der Waals surface area contributed by atoms with E-state index in [0.717, 1.165) is 6.26 Å². The van der Waals surface area contributed by atoms with Crippen LogP contribution in [0.25, 0.3) is 0 Å². The van der Waals surface area contributed by atoms with Gasteiger partial charge in [-0.3, -0.25) is 4.18 Å². The summed E-state index contributed by atoms with van der Waals surface area (Å²) >= 11 is 0. The first-order chi connectivity index (χ1) is 8.42. The first-order valence-electron chi connectivity index (χ1n) is 5.06. The third kappa shape index (κ3) is 5.30. The summed E-state index contributed by atoms with van der Waals surface area (Å²) in [6, 6.07) is 3.27. The van der Waals surface area contributed by atoms with Gasteiger partial charge in [0.05, 0.1) is 20.0 Å². The molecule has 1 atom stereocenters. The Kier molecular flexibility index (Phi) is 5.32. The highest BCUT2D eigenvalue weighted by Crippen LogP contribution is 2.22. The van der Waals surface area contributed by atoms with E-state index in [0.29, 0.717) is 5.75 Å². The largest absolute Gasteiger partial charge is 0.485 e. The number of ether oxygens (including phenoxy) is 2. The summed E-state index contributed by atoms with van der Waals surface area (Å²) in [4.78, 5) is 3.90. The quantitative estimate of drug-likeness (QED) is 0.690. The number of nitrogens with zero attached hydrogens (tertiary/aromatic N) is 1. The third-order valence-electron chi connectivity index (χ3n) is 1.84. The minimum atomic E-state index is -3.57. The van der Waals surface area contributed by atoms with Crippen molar-refractivity contribution in [1.82, 2.24) is 4.98 Å². The molecule has 0 amide bonds. The van der Waals surface area contributed by atoms with Gasteiger partial charge < -0.3 is 14.6 Å². The third-order valence-corrected chi connectivity index (χ3v) is 2.40. The zero-order valence-corrected chi connectivity index (χ0v) is 10.9. The van der Waals surface area contributed by atoms with Crippen molar-refractivity contribution in [3.8, 4) is 11.6 Å². The van der Waals surface area contributed by atoms with E-state index in [1.165, 1.54) is 13.3 Å². The zero-order valence-electron chi connectivity index (χ0n) is 10.1. The Morgan fingerprint density at radius 2 is 2.17 bits per heavy atom. The van der Waals surface area contributed by atoms with Gasteiger partial charge in [0.15, 0.2) is 5.75 Å². The summed E-state index contributed by atoms with van der Waals surface area (Å²) in [6.07, 6.45) is 1.38. The van der Waals surface area contributed by atoms with Gasteiger partial charge in [0.1, 0.15) is 12.7 Å². The fourth-order valence-electron chi connectivity index (χ4n) is 1.08. The number of pyridine rings is 1. The summed E-state index contributed by atoms with van der Waals surface area (Å²) in [5, 5.41) is 9.46. The van der Waals surface area contributed by atoms with Crippen LogP contribution in [0.4, 0.5) is 0 Å². The lowest BCUT2D eigenvalue weighted by molar-refractivity contribution is 0.0639. The van der Waals surface area contributed by atoms with Crippen LogP contribution in [-0.4, -0.2) is 51.2 Å². The molecule has 0 aliphatic heterocycles. The number of methoxy groups -OCH3 is 1. The standard InChI is InChI=1S/C10H15NO6S/c1-15-10-9(4-3-5-11-10)16-6-8(12)7-17-18(2,13)14/h3-5,8,12H,6-7H2,1-2H3. The maximum atomic E-state index is 10.7. The number of aromatic nitrogens is 1. The lowest BCUT2D eigenvalue weighted by Crippen LogP contribution is -2.25. The van der Waals surface area contributed by atoms with Gasteiger partial charge in [-0.15, -0.1) is 0 Å². The second kappa shape index (κ2) is 6.53. The molecule has 0 aromatic carbocycles. The number of aliphatic hydroxyl groups excluding tert-OH is 1. The fourth-order valence-corrected chi connectivity index (χ4v) is 1.48. The van der Waals surface area contributed by atoms with Crippen molar-refractivity contribution < 1.29 is 27.2 Å². The minimum absolute atomic E-state index is 0.127. The topological polar surface area (TPSA) is 94.9 Å². The van der Waals surface area contributed by atoms with E-state index in [4.69, 9.17) is 9.47 Å². The van der Waals surface area contributed by atoms with E-state index in [9.17, 15) is 13.5 Å². The van der Waals surface area contributed by atoms with Gasteiger partial charge in [-0.05, 0) is 12.1 Å². The van der Waals surface area contributed by atoms with Crippen LogP contribution in [0.5, 0.6) is 11.6 Å². The van der Waals surface area contributed by atoms with Gasteiger partial charge in [-0.25, -0.2) is 4.98 Å². The SMILES string of the molecule is COc1ncccc1OCC(O)COS(C)(=O)=O. The van der Waals surface area contributed by atoms with Crippen LogP contribution in [0.2, 0.25) is 0 Å². The van der Waals surface area contributed by atoms with Crippen molar-refractivity contribution in [2.45, 2.75) is 6.10 Å². The van der Waals surface area contributed by atoms with Crippen LogP contribution < -0.4 is 9.47 Å². The molecule has 102 valence electrons. The molecule has 0 fully saturated rings. The molecule has 18 heavy (non-hydrogen) atoms. The van der Waals surface area contributed by atoms with E-state index >= 15 is 0 Å². The molecule has 1 N–H and O–H groups in total. The molecule has 0 aliphatic carbocycles. The van der Waals surface area contributed by atoms with Gasteiger partial charge in [-0.2, -0.15) is 8.42 Å². The molecule has 0 radical (unpaired) electrons. The van der Waals surface area contributed by atoms with Gasteiger partial charge in [0.2, 0.25) is 0 Å². The number of rotatable bonds is 7. The van der Waals surface area contributed by atoms with Crippen molar-refractivity contribution in [3.05, 3.63) is 18.3 Å². The first-order valence-corrected chi connectivity index (χ1v) is 6.88. The Bertz CT molecular complexity index is 475. The molecule has 0 spiro atoms. The van der Waals surface area contributed by atoms with Crippen molar-refractivity contribution >= 4 is 10.1 Å². The highest BCUT2D eigenvalue weighted by molar-refractivity contribution is 7.85.